The lowest BCUT2D eigenvalue weighted by atomic mass is 10.0. The maximum atomic E-state index is 7.83. The quantitative estimate of drug-likeness (QED) is 0.0385. The Labute approximate surface area is 388 Å². The van der Waals surface area contributed by atoms with Crippen LogP contribution in [0.3, 0.4) is 0 Å². The molecule has 5 nitrogen and oxygen atoms in total. The predicted molar refractivity (Wildman–Crippen MR) is 272 cm³/mol. The third-order valence-corrected chi connectivity index (χ3v) is 16.7. The summed E-state index contributed by atoms with van der Waals surface area (Å²) in [4.78, 5) is 0. The van der Waals surface area contributed by atoms with Gasteiger partial charge in [-0.3, -0.25) is 0 Å². The van der Waals surface area contributed by atoms with Crippen molar-refractivity contribution in [3.05, 3.63) is 97.1 Å². The Bertz CT molecular complexity index is 1650. The molecular formula is C56H84O5Si2. The van der Waals surface area contributed by atoms with Crippen LogP contribution in [0, 0.1) is 0 Å². The first-order chi connectivity index (χ1) is 30.0. The molecule has 0 aliphatic carbocycles. The molecule has 4 aromatic carbocycles. The average molecular weight is 893 g/mol. The van der Waals surface area contributed by atoms with Crippen LogP contribution in [0.2, 0.25) is 0 Å². The molecular weight excluding hydrogens is 809 g/mol. The molecule has 0 aliphatic heterocycles. The van der Waals surface area contributed by atoms with Gasteiger partial charge in [0.15, 0.2) is 0 Å². The summed E-state index contributed by atoms with van der Waals surface area (Å²) in [7, 11) is -3.82. The molecule has 0 saturated heterocycles. The minimum atomic E-state index is -1.91. The fourth-order valence-corrected chi connectivity index (χ4v) is 13.6. The van der Waals surface area contributed by atoms with Crippen LogP contribution in [0.25, 0.3) is 0 Å². The van der Waals surface area contributed by atoms with Gasteiger partial charge in [-0.2, -0.15) is 0 Å². The SMILES string of the molecule is CCCCCC(C)(C)Oc1cccc([Si](O[Si](c2cccc(OC(C)(C)CCCCC)c2)c2cccc(OC(C)(C)CCCCC)c2)c2cccc(OC(C)(C)CCCCC)c2)c1. The number of hydrogen-bond acceptors (Lipinski definition) is 5. The first kappa shape index (κ1) is 52.1. The molecule has 4 aromatic rings. The Morgan fingerprint density at radius 3 is 0.762 bits per heavy atom. The van der Waals surface area contributed by atoms with E-state index in [-0.39, 0.29) is 22.4 Å². The molecule has 0 N–H and O–H groups in total. The summed E-state index contributed by atoms with van der Waals surface area (Å²) in [5.41, 5.74) is -1.15. The monoisotopic (exact) mass is 893 g/mol. The van der Waals surface area contributed by atoms with Crippen LogP contribution in [-0.2, 0) is 4.12 Å². The number of unbranched alkanes of at least 4 members (excludes halogenated alkanes) is 8. The van der Waals surface area contributed by atoms with Crippen LogP contribution >= 0.6 is 0 Å². The van der Waals surface area contributed by atoms with Crippen LogP contribution in [-0.4, -0.2) is 40.5 Å². The van der Waals surface area contributed by atoms with Crippen molar-refractivity contribution in [2.24, 2.45) is 0 Å². The summed E-state index contributed by atoms with van der Waals surface area (Å²) in [6.07, 6.45) is 18.2. The summed E-state index contributed by atoms with van der Waals surface area (Å²) in [6, 6.07) is 34.8. The van der Waals surface area contributed by atoms with E-state index in [9.17, 15) is 0 Å². The van der Waals surface area contributed by atoms with E-state index in [2.05, 4.69) is 180 Å². The highest BCUT2D eigenvalue weighted by molar-refractivity contribution is 6.91. The first-order valence-electron chi connectivity index (χ1n) is 24.6. The standard InChI is InChI=1S/C56H84O5Si2/c1-13-17-21-37-53(5,6)57-45-29-25-33-49(41-45)62(50-34-26-30-46(42-50)58-54(7,8)38-22-18-14-2)61-63(51-35-27-31-47(43-51)59-55(9,10)39-23-19-15-3)52-36-28-32-48(44-52)60-56(11,12)40-24-20-16-4/h25-36,41-44H,13-24,37-40H2,1-12H3. The topological polar surface area (TPSA) is 46.2 Å². The largest absolute Gasteiger partial charge is 0.488 e. The van der Waals surface area contributed by atoms with Gasteiger partial charge in [0.05, 0.1) is 0 Å². The van der Waals surface area contributed by atoms with Crippen molar-refractivity contribution in [2.75, 3.05) is 0 Å². The van der Waals surface area contributed by atoms with Gasteiger partial charge >= 0.3 is 0 Å². The smallest absolute Gasteiger partial charge is 0.272 e. The third kappa shape index (κ3) is 18.5. The molecule has 0 atom stereocenters. The Balaban J connectivity index is 1.85. The van der Waals surface area contributed by atoms with E-state index in [1.165, 1.54) is 51.4 Å². The number of ether oxygens (including phenoxy) is 4. The van der Waals surface area contributed by atoms with Gasteiger partial charge in [-0.15, -0.1) is 0 Å². The fraction of sp³-hybridized carbons (Fsp3) is 0.571. The number of hydrogen-bond donors (Lipinski definition) is 0. The van der Waals surface area contributed by atoms with Crippen LogP contribution in [0.4, 0.5) is 0 Å². The highest BCUT2D eigenvalue weighted by atomic mass is 28.4. The van der Waals surface area contributed by atoms with Gasteiger partial charge in [0, 0.05) is 0 Å². The maximum absolute atomic E-state index is 7.83. The van der Waals surface area contributed by atoms with Gasteiger partial charge in [-0.25, -0.2) is 0 Å². The Morgan fingerprint density at radius 2 is 0.556 bits per heavy atom. The fourth-order valence-electron chi connectivity index (χ4n) is 8.16. The molecule has 4 rings (SSSR count). The van der Waals surface area contributed by atoms with Gasteiger partial charge in [-0.1, -0.05) is 128 Å². The van der Waals surface area contributed by atoms with Crippen molar-refractivity contribution in [2.45, 2.75) is 208 Å². The van der Waals surface area contributed by atoms with Crippen LogP contribution in [0.1, 0.15) is 186 Å². The van der Waals surface area contributed by atoms with Crippen LogP contribution < -0.4 is 39.7 Å². The normalized spacial score (nSPS) is 12.5. The van der Waals surface area contributed by atoms with Crippen molar-refractivity contribution >= 4 is 38.8 Å². The zero-order valence-corrected chi connectivity index (χ0v) is 43.6. The van der Waals surface area contributed by atoms with E-state index >= 15 is 0 Å². The Kier molecular flexibility index (Phi) is 20.9. The number of rotatable bonds is 30. The van der Waals surface area contributed by atoms with Crippen molar-refractivity contribution in [3.63, 3.8) is 0 Å². The molecule has 0 spiro atoms. The third-order valence-electron chi connectivity index (χ3n) is 11.7. The molecule has 0 aromatic heterocycles. The first-order valence-corrected chi connectivity index (χ1v) is 27.4. The van der Waals surface area contributed by atoms with E-state index in [4.69, 9.17) is 23.1 Å². The highest BCUT2D eigenvalue weighted by Crippen LogP contribution is 2.27. The van der Waals surface area contributed by atoms with E-state index in [0.29, 0.717) is 0 Å². The van der Waals surface area contributed by atoms with Gasteiger partial charge < -0.3 is 23.1 Å². The van der Waals surface area contributed by atoms with E-state index < -0.39 is 18.1 Å². The molecule has 0 heterocycles. The lowest BCUT2D eigenvalue weighted by molar-refractivity contribution is 0.0959. The van der Waals surface area contributed by atoms with Gasteiger partial charge in [0.1, 0.15) is 45.4 Å². The molecule has 0 bridgehead atoms. The second kappa shape index (κ2) is 25.2. The molecule has 0 aliphatic rings. The van der Waals surface area contributed by atoms with E-state index in [1.807, 2.05) is 0 Å². The molecule has 0 unspecified atom stereocenters. The van der Waals surface area contributed by atoms with Crippen molar-refractivity contribution in [3.8, 4) is 23.0 Å². The van der Waals surface area contributed by atoms with E-state index in [0.717, 1.165) is 95.1 Å². The van der Waals surface area contributed by atoms with Gasteiger partial charge in [0.2, 0.25) is 0 Å². The molecule has 0 fully saturated rings. The minimum absolute atomic E-state index is 0.289. The minimum Gasteiger partial charge on any atom is -0.488 e. The summed E-state index contributed by atoms with van der Waals surface area (Å²) >= 11 is 0. The lowest BCUT2D eigenvalue weighted by Crippen LogP contribution is -2.56. The average Bonchev–Trinajstić information content (AvgIpc) is 3.21. The second-order valence-electron chi connectivity index (χ2n) is 20.1. The molecule has 0 amide bonds. The lowest BCUT2D eigenvalue weighted by Gasteiger charge is -2.30. The Hall–Kier alpha value is -3.53. The summed E-state index contributed by atoms with van der Waals surface area (Å²) in [5.74, 6) is 3.50. The van der Waals surface area contributed by atoms with Gasteiger partial charge in [0.25, 0.3) is 18.1 Å². The summed E-state index contributed by atoms with van der Waals surface area (Å²) in [5, 5.41) is 4.55. The number of benzene rings is 4. The molecule has 63 heavy (non-hydrogen) atoms. The zero-order chi connectivity index (χ0) is 45.9. The predicted octanol–water partition coefficient (Wildman–Crippen LogP) is 13.6. The maximum Gasteiger partial charge on any atom is 0.272 e. The summed E-state index contributed by atoms with van der Waals surface area (Å²) in [6.45, 7) is 26.7. The molecule has 2 radical (unpaired) electrons. The Morgan fingerprint density at radius 1 is 0.333 bits per heavy atom. The van der Waals surface area contributed by atoms with Crippen LogP contribution in [0.5, 0.6) is 23.0 Å². The summed E-state index contributed by atoms with van der Waals surface area (Å²) < 4.78 is 35.0. The molecule has 346 valence electrons. The highest BCUT2D eigenvalue weighted by Gasteiger charge is 2.32. The van der Waals surface area contributed by atoms with Crippen molar-refractivity contribution < 1.29 is 23.1 Å². The zero-order valence-electron chi connectivity index (χ0n) is 41.6. The second-order valence-corrected chi connectivity index (χ2v) is 24.6. The van der Waals surface area contributed by atoms with Crippen molar-refractivity contribution in [1.82, 2.24) is 0 Å². The van der Waals surface area contributed by atoms with Crippen LogP contribution in [0.15, 0.2) is 97.1 Å². The van der Waals surface area contributed by atoms with Gasteiger partial charge in [-0.05, 0) is 176 Å². The van der Waals surface area contributed by atoms with E-state index in [1.54, 1.807) is 0 Å². The molecule has 0 saturated carbocycles. The molecule has 7 heteroatoms. The van der Waals surface area contributed by atoms with Crippen molar-refractivity contribution in [1.29, 1.82) is 0 Å².